The molecule has 2 aromatic carbocycles. The molecule has 0 saturated carbocycles. The summed E-state index contributed by atoms with van der Waals surface area (Å²) in [4.78, 5) is 10.8. The SMILES string of the molecule is COc1cccc(OC(C)c2nnc(SCc3ccccc3[N+](=O)[O-])n2C)c1. The van der Waals surface area contributed by atoms with E-state index in [1.54, 1.807) is 31.4 Å². The second kappa shape index (κ2) is 8.75. The molecule has 0 aliphatic rings. The number of rotatable bonds is 8. The number of aromatic nitrogens is 3. The van der Waals surface area contributed by atoms with Gasteiger partial charge in [0.25, 0.3) is 5.69 Å². The third kappa shape index (κ3) is 4.42. The highest BCUT2D eigenvalue weighted by Crippen LogP contribution is 2.29. The number of benzene rings is 2. The molecular weight excluding hydrogens is 380 g/mol. The Labute approximate surface area is 166 Å². The van der Waals surface area contributed by atoms with Gasteiger partial charge in [-0.1, -0.05) is 36.0 Å². The van der Waals surface area contributed by atoms with Gasteiger partial charge in [-0.05, 0) is 19.1 Å². The van der Waals surface area contributed by atoms with Crippen LogP contribution in [0, 0.1) is 10.1 Å². The highest BCUT2D eigenvalue weighted by atomic mass is 32.2. The predicted octanol–water partition coefficient (Wildman–Crippen LogP) is 4.16. The van der Waals surface area contributed by atoms with Gasteiger partial charge in [0.05, 0.1) is 12.0 Å². The van der Waals surface area contributed by atoms with Gasteiger partial charge in [0, 0.05) is 30.5 Å². The molecule has 0 amide bonds. The van der Waals surface area contributed by atoms with E-state index >= 15 is 0 Å². The number of ether oxygens (including phenoxy) is 2. The molecule has 3 rings (SSSR count). The van der Waals surface area contributed by atoms with Crippen molar-refractivity contribution in [2.45, 2.75) is 23.9 Å². The van der Waals surface area contributed by atoms with E-state index < -0.39 is 0 Å². The minimum atomic E-state index is -0.373. The van der Waals surface area contributed by atoms with Crippen molar-refractivity contribution in [2.75, 3.05) is 7.11 Å². The summed E-state index contributed by atoms with van der Waals surface area (Å²) >= 11 is 1.39. The maximum absolute atomic E-state index is 11.2. The van der Waals surface area contributed by atoms with Crippen LogP contribution in [0.1, 0.15) is 24.4 Å². The van der Waals surface area contributed by atoms with Crippen molar-refractivity contribution in [1.82, 2.24) is 14.8 Å². The molecule has 1 aromatic heterocycles. The number of nitrogens with zero attached hydrogens (tertiary/aromatic N) is 4. The molecule has 0 radical (unpaired) electrons. The number of nitro benzene ring substituents is 1. The Morgan fingerprint density at radius 1 is 1.18 bits per heavy atom. The van der Waals surface area contributed by atoms with Crippen molar-refractivity contribution in [1.29, 1.82) is 0 Å². The van der Waals surface area contributed by atoms with Gasteiger partial charge in [-0.3, -0.25) is 10.1 Å². The molecular formula is C19H20N4O4S. The van der Waals surface area contributed by atoms with Crippen molar-refractivity contribution in [3.63, 3.8) is 0 Å². The van der Waals surface area contributed by atoms with Crippen LogP contribution in [0.15, 0.2) is 53.7 Å². The van der Waals surface area contributed by atoms with E-state index in [-0.39, 0.29) is 16.7 Å². The summed E-state index contributed by atoms with van der Waals surface area (Å²) in [6.45, 7) is 1.89. The van der Waals surface area contributed by atoms with Crippen LogP contribution >= 0.6 is 11.8 Å². The number of nitro groups is 1. The van der Waals surface area contributed by atoms with Crippen LogP contribution in [0.3, 0.4) is 0 Å². The van der Waals surface area contributed by atoms with Crippen LogP contribution in [0.2, 0.25) is 0 Å². The Kier molecular flexibility index (Phi) is 6.15. The van der Waals surface area contributed by atoms with Crippen molar-refractivity contribution < 1.29 is 14.4 Å². The molecule has 1 unspecified atom stereocenters. The number of hydrogen-bond acceptors (Lipinski definition) is 7. The van der Waals surface area contributed by atoms with Crippen LogP contribution in [-0.2, 0) is 12.8 Å². The summed E-state index contributed by atoms with van der Waals surface area (Å²) in [6, 6.07) is 14.0. The Bertz CT molecular complexity index is 976. The predicted molar refractivity (Wildman–Crippen MR) is 106 cm³/mol. The second-order valence-corrected chi connectivity index (χ2v) is 6.96. The fourth-order valence-corrected chi connectivity index (χ4v) is 3.60. The van der Waals surface area contributed by atoms with Gasteiger partial charge in [-0.2, -0.15) is 0 Å². The molecule has 28 heavy (non-hydrogen) atoms. The number of hydrogen-bond donors (Lipinski definition) is 0. The summed E-state index contributed by atoms with van der Waals surface area (Å²) < 4.78 is 13.0. The van der Waals surface area contributed by atoms with Crippen molar-refractivity contribution in [3.05, 3.63) is 70.0 Å². The van der Waals surface area contributed by atoms with Crippen LogP contribution in [0.5, 0.6) is 11.5 Å². The van der Waals surface area contributed by atoms with Gasteiger partial charge in [0.1, 0.15) is 11.5 Å². The number of methoxy groups -OCH3 is 1. The lowest BCUT2D eigenvalue weighted by atomic mass is 10.2. The van der Waals surface area contributed by atoms with Crippen molar-refractivity contribution in [2.24, 2.45) is 7.05 Å². The summed E-state index contributed by atoms with van der Waals surface area (Å²) in [6.07, 6.45) is -0.329. The fraction of sp³-hybridized carbons (Fsp3) is 0.263. The first kappa shape index (κ1) is 19.7. The van der Waals surface area contributed by atoms with E-state index in [1.807, 2.05) is 36.7 Å². The van der Waals surface area contributed by atoms with E-state index in [4.69, 9.17) is 9.47 Å². The standard InChI is InChI=1S/C19H20N4O4S/c1-13(27-16-9-6-8-15(11-16)26-3)18-20-21-19(22(18)2)28-12-14-7-4-5-10-17(14)23(24)25/h4-11,13H,12H2,1-3H3. The molecule has 0 saturated heterocycles. The largest absolute Gasteiger partial charge is 0.497 e. The first-order valence-electron chi connectivity index (χ1n) is 8.54. The lowest BCUT2D eigenvalue weighted by Crippen LogP contribution is -2.10. The zero-order chi connectivity index (χ0) is 20.1. The van der Waals surface area contributed by atoms with Crippen molar-refractivity contribution in [3.8, 4) is 11.5 Å². The van der Waals surface area contributed by atoms with E-state index in [1.165, 1.54) is 17.8 Å². The lowest BCUT2D eigenvalue weighted by molar-refractivity contribution is -0.385. The zero-order valence-electron chi connectivity index (χ0n) is 15.7. The van der Waals surface area contributed by atoms with Gasteiger partial charge in [0.2, 0.25) is 0 Å². The highest BCUT2D eigenvalue weighted by molar-refractivity contribution is 7.98. The van der Waals surface area contributed by atoms with Gasteiger partial charge in [0.15, 0.2) is 17.1 Å². The highest BCUT2D eigenvalue weighted by Gasteiger charge is 2.19. The normalized spacial score (nSPS) is 11.8. The third-order valence-corrected chi connectivity index (χ3v) is 5.20. The van der Waals surface area contributed by atoms with E-state index in [0.717, 1.165) is 0 Å². The Morgan fingerprint density at radius 3 is 2.68 bits per heavy atom. The maximum atomic E-state index is 11.2. The molecule has 0 bridgehead atoms. The van der Waals surface area contributed by atoms with Crippen LogP contribution in [0.25, 0.3) is 0 Å². The van der Waals surface area contributed by atoms with Gasteiger partial charge in [-0.25, -0.2) is 0 Å². The van der Waals surface area contributed by atoms with E-state index in [9.17, 15) is 10.1 Å². The quantitative estimate of drug-likeness (QED) is 0.318. The number of para-hydroxylation sites is 1. The van der Waals surface area contributed by atoms with Crippen LogP contribution in [0.4, 0.5) is 5.69 Å². The Morgan fingerprint density at radius 2 is 1.93 bits per heavy atom. The molecule has 0 N–H and O–H groups in total. The van der Waals surface area contributed by atoms with Gasteiger partial charge >= 0.3 is 0 Å². The molecule has 0 spiro atoms. The fourth-order valence-electron chi connectivity index (χ4n) is 2.69. The molecule has 0 fully saturated rings. The average Bonchev–Trinajstić information content (AvgIpc) is 3.07. The minimum absolute atomic E-state index is 0.104. The third-order valence-electron chi connectivity index (χ3n) is 4.13. The first-order chi connectivity index (χ1) is 13.5. The Balaban J connectivity index is 1.70. The van der Waals surface area contributed by atoms with E-state index in [0.29, 0.717) is 33.8 Å². The summed E-state index contributed by atoms with van der Waals surface area (Å²) in [5, 5.41) is 20.2. The lowest BCUT2D eigenvalue weighted by Gasteiger charge is -2.14. The molecule has 9 heteroatoms. The molecule has 1 heterocycles. The maximum Gasteiger partial charge on any atom is 0.273 e. The molecule has 146 valence electrons. The zero-order valence-corrected chi connectivity index (χ0v) is 16.5. The molecule has 0 aliphatic carbocycles. The number of thioether (sulfide) groups is 1. The summed E-state index contributed by atoms with van der Waals surface area (Å²) in [5.74, 6) is 2.47. The topological polar surface area (TPSA) is 92.3 Å². The Hall–Kier alpha value is -3.07. The molecule has 1 atom stereocenters. The van der Waals surface area contributed by atoms with Crippen LogP contribution < -0.4 is 9.47 Å². The average molecular weight is 400 g/mol. The second-order valence-electron chi connectivity index (χ2n) is 6.01. The van der Waals surface area contributed by atoms with Gasteiger partial charge < -0.3 is 14.0 Å². The monoisotopic (exact) mass is 400 g/mol. The minimum Gasteiger partial charge on any atom is -0.497 e. The van der Waals surface area contributed by atoms with Crippen LogP contribution in [-0.4, -0.2) is 26.8 Å². The smallest absolute Gasteiger partial charge is 0.273 e. The molecule has 0 aliphatic heterocycles. The van der Waals surface area contributed by atoms with Gasteiger partial charge in [-0.15, -0.1) is 10.2 Å². The molecule has 3 aromatic rings. The van der Waals surface area contributed by atoms with E-state index in [2.05, 4.69) is 10.2 Å². The first-order valence-corrected chi connectivity index (χ1v) is 9.53. The summed E-state index contributed by atoms with van der Waals surface area (Å²) in [5.41, 5.74) is 0.745. The molecule has 8 nitrogen and oxygen atoms in total. The summed E-state index contributed by atoms with van der Waals surface area (Å²) in [7, 11) is 3.45. The van der Waals surface area contributed by atoms with Crippen molar-refractivity contribution >= 4 is 17.4 Å².